The van der Waals surface area contributed by atoms with Gasteiger partial charge in [0.15, 0.2) is 0 Å². The predicted molar refractivity (Wildman–Crippen MR) is 112 cm³/mol. The molecule has 158 valence electrons. The first-order valence-electron chi connectivity index (χ1n) is 9.58. The van der Waals surface area contributed by atoms with Gasteiger partial charge in [0.1, 0.15) is 17.1 Å². The summed E-state index contributed by atoms with van der Waals surface area (Å²) in [6.07, 6.45) is -2.99. The molecule has 5 nitrogen and oxygen atoms in total. The third kappa shape index (κ3) is 5.62. The standard InChI is InChI=1S/C22H23F3N4O/c1-4-15-6-5-7-17(12-15)27-20-19(22(23,24)25)13-26-21(29-20)28-16-8-10-18(11-9-16)30-14(2)3/h5-14H,4H2,1-3H3,(H2,26,27,28,29). The number of hydrogen-bond acceptors (Lipinski definition) is 5. The molecular weight excluding hydrogens is 393 g/mol. The number of nitrogens with zero attached hydrogens (tertiary/aromatic N) is 2. The fourth-order valence-corrected chi connectivity index (χ4v) is 2.77. The molecular formula is C22H23F3N4O. The minimum atomic E-state index is -4.58. The smallest absolute Gasteiger partial charge is 0.421 e. The van der Waals surface area contributed by atoms with Gasteiger partial charge in [0.25, 0.3) is 0 Å². The molecule has 2 N–H and O–H groups in total. The molecule has 3 aromatic rings. The Morgan fingerprint density at radius 1 is 1.00 bits per heavy atom. The van der Waals surface area contributed by atoms with Gasteiger partial charge in [-0.25, -0.2) is 4.98 Å². The van der Waals surface area contributed by atoms with Gasteiger partial charge in [-0.05, 0) is 62.2 Å². The lowest BCUT2D eigenvalue weighted by Crippen LogP contribution is -2.12. The third-order valence-electron chi connectivity index (χ3n) is 4.17. The van der Waals surface area contributed by atoms with E-state index in [2.05, 4.69) is 20.6 Å². The van der Waals surface area contributed by atoms with E-state index in [1.165, 1.54) is 0 Å². The van der Waals surface area contributed by atoms with E-state index in [9.17, 15) is 13.2 Å². The van der Waals surface area contributed by atoms with Crippen LogP contribution in [0.5, 0.6) is 5.75 Å². The van der Waals surface area contributed by atoms with E-state index in [1.807, 2.05) is 26.8 Å². The molecule has 0 aliphatic carbocycles. The number of rotatable bonds is 7. The highest BCUT2D eigenvalue weighted by molar-refractivity contribution is 5.63. The Hall–Kier alpha value is -3.29. The maximum Gasteiger partial charge on any atom is 0.421 e. The molecule has 0 radical (unpaired) electrons. The van der Waals surface area contributed by atoms with Gasteiger partial charge in [-0.15, -0.1) is 0 Å². The van der Waals surface area contributed by atoms with Crippen molar-refractivity contribution >= 4 is 23.1 Å². The van der Waals surface area contributed by atoms with Crippen molar-refractivity contribution < 1.29 is 17.9 Å². The average molecular weight is 416 g/mol. The monoisotopic (exact) mass is 416 g/mol. The second kappa shape index (κ2) is 9.02. The molecule has 0 aliphatic heterocycles. The Kier molecular flexibility index (Phi) is 6.44. The van der Waals surface area contributed by atoms with Crippen molar-refractivity contribution in [2.24, 2.45) is 0 Å². The minimum Gasteiger partial charge on any atom is -0.491 e. The number of anilines is 4. The van der Waals surface area contributed by atoms with Gasteiger partial charge in [-0.3, -0.25) is 0 Å². The van der Waals surface area contributed by atoms with E-state index in [-0.39, 0.29) is 17.9 Å². The SMILES string of the molecule is CCc1cccc(Nc2nc(Nc3ccc(OC(C)C)cc3)ncc2C(F)(F)F)c1. The molecule has 0 spiro atoms. The zero-order valence-corrected chi connectivity index (χ0v) is 16.9. The minimum absolute atomic E-state index is 0.0434. The maximum absolute atomic E-state index is 13.4. The van der Waals surface area contributed by atoms with Crippen molar-refractivity contribution in [1.82, 2.24) is 9.97 Å². The molecule has 0 atom stereocenters. The summed E-state index contributed by atoms with van der Waals surface area (Å²) in [6.45, 7) is 5.82. The lowest BCUT2D eigenvalue weighted by Gasteiger charge is -2.15. The molecule has 8 heteroatoms. The summed E-state index contributed by atoms with van der Waals surface area (Å²) >= 11 is 0. The summed E-state index contributed by atoms with van der Waals surface area (Å²) in [5.41, 5.74) is 1.23. The molecule has 1 aromatic heterocycles. The summed E-state index contributed by atoms with van der Waals surface area (Å²) in [6, 6.07) is 14.2. The fraction of sp³-hybridized carbons (Fsp3) is 0.273. The van der Waals surface area contributed by atoms with E-state index in [0.717, 1.165) is 18.2 Å². The van der Waals surface area contributed by atoms with E-state index < -0.39 is 11.7 Å². The van der Waals surface area contributed by atoms with Crippen LogP contribution in [0.1, 0.15) is 31.9 Å². The van der Waals surface area contributed by atoms with Crippen molar-refractivity contribution in [2.75, 3.05) is 10.6 Å². The Morgan fingerprint density at radius 2 is 1.73 bits per heavy atom. The van der Waals surface area contributed by atoms with Crippen LogP contribution in [0.3, 0.4) is 0 Å². The molecule has 0 bridgehead atoms. The summed E-state index contributed by atoms with van der Waals surface area (Å²) in [4.78, 5) is 7.91. The van der Waals surface area contributed by atoms with E-state index >= 15 is 0 Å². The van der Waals surface area contributed by atoms with E-state index in [0.29, 0.717) is 17.1 Å². The van der Waals surface area contributed by atoms with Crippen molar-refractivity contribution in [3.05, 3.63) is 65.9 Å². The van der Waals surface area contributed by atoms with E-state index in [4.69, 9.17) is 4.74 Å². The van der Waals surface area contributed by atoms with Crippen molar-refractivity contribution in [3.63, 3.8) is 0 Å². The van der Waals surface area contributed by atoms with Crippen LogP contribution in [0.4, 0.5) is 36.3 Å². The fourth-order valence-electron chi connectivity index (χ4n) is 2.77. The van der Waals surface area contributed by atoms with Gasteiger partial charge in [-0.1, -0.05) is 19.1 Å². The lowest BCUT2D eigenvalue weighted by atomic mass is 10.1. The van der Waals surface area contributed by atoms with Crippen LogP contribution in [0.15, 0.2) is 54.7 Å². The van der Waals surface area contributed by atoms with Crippen molar-refractivity contribution in [2.45, 2.75) is 39.5 Å². The molecule has 0 aliphatic rings. The van der Waals surface area contributed by atoms with Gasteiger partial charge >= 0.3 is 6.18 Å². The molecule has 3 rings (SSSR count). The van der Waals surface area contributed by atoms with Gasteiger partial charge in [-0.2, -0.15) is 18.2 Å². The van der Waals surface area contributed by atoms with Crippen LogP contribution in [0.25, 0.3) is 0 Å². The topological polar surface area (TPSA) is 59.1 Å². The molecule has 0 fully saturated rings. The van der Waals surface area contributed by atoms with Crippen LogP contribution in [-0.2, 0) is 12.6 Å². The van der Waals surface area contributed by atoms with Gasteiger partial charge in [0.05, 0.1) is 6.10 Å². The Bertz CT molecular complexity index is 988. The second-order valence-corrected chi connectivity index (χ2v) is 6.95. The summed E-state index contributed by atoms with van der Waals surface area (Å²) in [5.74, 6) is 0.435. The van der Waals surface area contributed by atoms with Gasteiger partial charge in [0.2, 0.25) is 5.95 Å². The number of hydrogen-bond donors (Lipinski definition) is 2. The first-order valence-corrected chi connectivity index (χ1v) is 9.58. The average Bonchev–Trinajstić information content (AvgIpc) is 2.68. The normalized spacial score (nSPS) is 11.4. The Morgan fingerprint density at radius 3 is 2.37 bits per heavy atom. The van der Waals surface area contributed by atoms with Gasteiger partial charge in [0, 0.05) is 17.6 Å². The third-order valence-corrected chi connectivity index (χ3v) is 4.17. The lowest BCUT2D eigenvalue weighted by molar-refractivity contribution is -0.137. The molecule has 1 heterocycles. The molecule has 2 aromatic carbocycles. The van der Waals surface area contributed by atoms with Crippen LogP contribution in [-0.4, -0.2) is 16.1 Å². The molecule has 0 saturated heterocycles. The zero-order valence-electron chi connectivity index (χ0n) is 16.9. The number of alkyl halides is 3. The first kappa shape index (κ1) is 21.4. The maximum atomic E-state index is 13.4. The zero-order chi connectivity index (χ0) is 21.7. The van der Waals surface area contributed by atoms with Crippen LogP contribution in [0.2, 0.25) is 0 Å². The van der Waals surface area contributed by atoms with E-state index in [1.54, 1.807) is 42.5 Å². The van der Waals surface area contributed by atoms with Crippen LogP contribution >= 0.6 is 0 Å². The quantitative estimate of drug-likeness (QED) is 0.471. The number of ether oxygens (including phenoxy) is 1. The second-order valence-electron chi connectivity index (χ2n) is 6.95. The van der Waals surface area contributed by atoms with Crippen LogP contribution in [0, 0.1) is 0 Å². The first-order chi connectivity index (χ1) is 14.2. The molecule has 0 unspecified atom stereocenters. The largest absolute Gasteiger partial charge is 0.491 e. The van der Waals surface area contributed by atoms with Gasteiger partial charge < -0.3 is 15.4 Å². The summed E-state index contributed by atoms with van der Waals surface area (Å²) in [5, 5.41) is 5.71. The number of aromatic nitrogens is 2. The Labute approximate surface area is 173 Å². The summed E-state index contributed by atoms with van der Waals surface area (Å²) in [7, 11) is 0. The number of benzene rings is 2. The molecule has 0 saturated carbocycles. The summed E-state index contributed by atoms with van der Waals surface area (Å²) < 4.78 is 45.9. The number of halogens is 3. The number of nitrogens with one attached hydrogen (secondary N) is 2. The Balaban J connectivity index is 1.86. The highest BCUT2D eigenvalue weighted by Crippen LogP contribution is 2.35. The molecule has 0 amide bonds. The van der Waals surface area contributed by atoms with Crippen LogP contribution < -0.4 is 15.4 Å². The number of aryl methyl sites for hydroxylation is 1. The van der Waals surface area contributed by atoms with Crippen molar-refractivity contribution in [3.8, 4) is 5.75 Å². The predicted octanol–water partition coefficient (Wildman–Crippen LogP) is 6.33. The highest BCUT2D eigenvalue weighted by atomic mass is 19.4. The highest BCUT2D eigenvalue weighted by Gasteiger charge is 2.35. The van der Waals surface area contributed by atoms with Crippen molar-refractivity contribution in [1.29, 1.82) is 0 Å². The molecule has 30 heavy (non-hydrogen) atoms.